The third-order valence-corrected chi connectivity index (χ3v) is 4.05. The first kappa shape index (κ1) is 18.7. The van der Waals surface area contributed by atoms with E-state index in [1.165, 1.54) is 0 Å². The van der Waals surface area contributed by atoms with E-state index in [-0.39, 0.29) is 0 Å². The van der Waals surface area contributed by atoms with Crippen molar-refractivity contribution in [3.8, 4) is 11.5 Å². The molecule has 2 aromatic rings. The zero-order valence-corrected chi connectivity index (χ0v) is 14.9. The van der Waals surface area contributed by atoms with Crippen molar-refractivity contribution in [3.05, 3.63) is 59.9 Å². The number of rotatable bonds is 6. The van der Waals surface area contributed by atoms with Crippen LogP contribution in [0.15, 0.2) is 48.5 Å². The summed E-state index contributed by atoms with van der Waals surface area (Å²) in [5, 5.41) is 2.65. The summed E-state index contributed by atoms with van der Waals surface area (Å²) in [5.74, 6) is 0.894. The van der Waals surface area contributed by atoms with Crippen LogP contribution in [0.3, 0.4) is 0 Å². The number of carbonyl (C=O) groups excluding carboxylic acids is 1. The summed E-state index contributed by atoms with van der Waals surface area (Å²) in [6, 6.07) is 13.7. The molecule has 1 heterocycles. The molecule has 0 radical (unpaired) electrons. The minimum Gasteiger partial charge on any atom is -0.503 e. The molecule has 0 bridgehead atoms. The van der Waals surface area contributed by atoms with Gasteiger partial charge in [-0.25, -0.2) is 9.64 Å². The molecule has 0 unspecified atom stereocenters. The van der Waals surface area contributed by atoms with Gasteiger partial charge < -0.3 is 14.2 Å². The summed E-state index contributed by atoms with van der Waals surface area (Å²) >= 11 is 0. The van der Waals surface area contributed by atoms with Gasteiger partial charge in [-0.1, -0.05) is 24.3 Å². The third kappa shape index (κ3) is 5.71. The lowest BCUT2D eigenvalue weighted by Gasteiger charge is -2.26. The number of nitrogens with zero attached hydrogens (tertiary/aromatic N) is 2. The van der Waals surface area contributed by atoms with Crippen molar-refractivity contribution in [2.24, 2.45) is 0 Å². The highest BCUT2D eigenvalue weighted by Gasteiger charge is 2.12. The number of hydrogen-bond acceptors (Lipinski definition) is 5. The van der Waals surface area contributed by atoms with Gasteiger partial charge in [-0.3, -0.25) is 10.2 Å². The first-order chi connectivity index (χ1) is 13.2. The van der Waals surface area contributed by atoms with Gasteiger partial charge in [-0.15, -0.1) is 0 Å². The van der Waals surface area contributed by atoms with Gasteiger partial charge in [-0.05, 0) is 24.3 Å². The van der Waals surface area contributed by atoms with E-state index in [9.17, 15) is 4.79 Å². The molecule has 0 saturated carbocycles. The Kier molecular flexibility index (Phi) is 6.63. The summed E-state index contributed by atoms with van der Waals surface area (Å²) in [6.07, 6.45) is -0.601. The van der Waals surface area contributed by atoms with E-state index in [2.05, 4.69) is 15.1 Å². The van der Waals surface area contributed by atoms with Crippen LogP contribution in [0.2, 0.25) is 0 Å². The number of para-hydroxylation sites is 1. The van der Waals surface area contributed by atoms with Gasteiger partial charge in [0.15, 0.2) is 0 Å². The maximum Gasteiger partial charge on any atom is 0.417 e. The summed E-state index contributed by atoms with van der Waals surface area (Å²) in [7, 11) is 0. The van der Waals surface area contributed by atoms with Crippen LogP contribution >= 0.6 is 0 Å². The topological polar surface area (TPSA) is 64.4 Å². The minimum absolute atomic E-state index is 0.402. The number of hydrogen-bond donors (Lipinski definition) is 1. The molecular formula is C20H21N3O4. The van der Waals surface area contributed by atoms with Crippen LogP contribution in [0.1, 0.15) is 0 Å². The van der Waals surface area contributed by atoms with Crippen LogP contribution in [0.25, 0.3) is 4.85 Å². The van der Waals surface area contributed by atoms with Crippen LogP contribution in [0.4, 0.5) is 16.2 Å². The van der Waals surface area contributed by atoms with Gasteiger partial charge in [0.05, 0.1) is 26.4 Å². The maximum absolute atomic E-state index is 12.0. The number of ether oxygens (including phenoxy) is 3. The van der Waals surface area contributed by atoms with Crippen LogP contribution in [-0.4, -0.2) is 50.4 Å². The maximum atomic E-state index is 12.0. The van der Waals surface area contributed by atoms with Gasteiger partial charge in [-0.2, -0.15) is 0 Å². The van der Waals surface area contributed by atoms with Crippen LogP contribution in [0, 0.1) is 6.57 Å². The second-order valence-corrected chi connectivity index (χ2v) is 5.92. The van der Waals surface area contributed by atoms with Crippen LogP contribution in [0.5, 0.6) is 11.5 Å². The quantitative estimate of drug-likeness (QED) is 0.791. The molecule has 3 rings (SSSR count). The lowest BCUT2D eigenvalue weighted by atomic mass is 10.2. The molecule has 0 aliphatic carbocycles. The predicted octanol–water partition coefficient (Wildman–Crippen LogP) is 3.56. The number of amides is 1. The Morgan fingerprint density at radius 1 is 1.19 bits per heavy atom. The predicted molar refractivity (Wildman–Crippen MR) is 102 cm³/mol. The van der Waals surface area contributed by atoms with E-state index in [1.54, 1.807) is 42.5 Å². The SMILES string of the molecule is [C-]#[N+]c1ccc(NC(=O)Oc2ccccc2)cc1OCCN1CCOCC1. The van der Waals surface area contributed by atoms with Crippen molar-refractivity contribution in [1.29, 1.82) is 0 Å². The Labute approximate surface area is 158 Å². The van der Waals surface area contributed by atoms with E-state index in [4.69, 9.17) is 20.8 Å². The summed E-state index contributed by atoms with van der Waals surface area (Å²) < 4.78 is 16.3. The average Bonchev–Trinajstić information content (AvgIpc) is 2.70. The second kappa shape index (κ2) is 9.57. The summed E-state index contributed by atoms with van der Waals surface area (Å²) in [5.41, 5.74) is 0.906. The molecule has 0 atom stereocenters. The molecule has 1 N–H and O–H groups in total. The molecule has 1 amide bonds. The molecule has 1 aliphatic heterocycles. The fraction of sp³-hybridized carbons (Fsp3) is 0.300. The van der Waals surface area contributed by atoms with Gasteiger partial charge in [0, 0.05) is 25.3 Å². The van der Waals surface area contributed by atoms with Crippen molar-refractivity contribution >= 4 is 17.5 Å². The van der Waals surface area contributed by atoms with E-state index in [0.29, 0.717) is 29.5 Å². The largest absolute Gasteiger partial charge is 0.503 e. The summed E-state index contributed by atoms with van der Waals surface area (Å²) in [4.78, 5) is 17.7. The molecule has 0 aromatic heterocycles. The monoisotopic (exact) mass is 367 g/mol. The van der Waals surface area contributed by atoms with Gasteiger partial charge in [0.1, 0.15) is 11.5 Å². The van der Waals surface area contributed by atoms with Gasteiger partial charge in [0.25, 0.3) is 0 Å². The average molecular weight is 367 g/mol. The van der Waals surface area contributed by atoms with Crippen LogP contribution < -0.4 is 14.8 Å². The Morgan fingerprint density at radius 2 is 1.96 bits per heavy atom. The molecule has 140 valence electrons. The fourth-order valence-electron chi connectivity index (χ4n) is 2.65. The smallest absolute Gasteiger partial charge is 0.417 e. The lowest BCUT2D eigenvalue weighted by molar-refractivity contribution is 0.0323. The molecule has 1 fully saturated rings. The highest BCUT2D eigenvalue weighted by atomic mass is 16.6. The van der Waals surface area contributed by atoms with Crippen molar-refractivity contribution < 1.29 is 19.0 Å². The Hall–Kier alpha value is -3.08. The number of nitrogens with one attached hydrogen (secondary N) is 1. The number of carbonyl (C=O) groups is 1. The van der Waals surface area contributed by atoms with Crippen LogP contribution in [-0.2, 0) is 4.74 Å². The number of benzene rings is 2. The highest BCUT2D eigenvalue weighted by Crippen LogP contribution is 2.31. The molecule has 2 aromatic carbocycles. The Balaban J connectivity index is 1.57. The standard InChI is InChI=1S/C20H21N3O4/c1-21-18-8-7-16(22-20(24)27-17-5-3-2-4-6-17)15-19(18)26-14-11-23-9-12-25-13-10-23/h2-8,15H,9-14H2,(H,22,24). The van der Waals surface area contributed by atoms with E-state index in [0.717, 1.165) is 32.8 Å². The summed E-state index contributed by atoms with van der Waals surface area (Å²) in [6.45, 7) is 11.7. The molecule has 0 spiro atoms. The van der Waals surface area contributed by atoms with E-state index in [1.807, 2.05) is 6.07 Å². The molecule has 27 heavy (non-hydrogen) atoms. The van der Waals surface area contributed by atoms with Crippen molar-refractivity contribution in [2.45, 2.75) is 0 Å². The van der Waals surface area contributed by atoms with Crippen molar-refractivity contribution in [2.75, 3.05) is 44.8 Å². The van der Waals surface area contributed by atoms with Crippen molar-refractivity contribution in [1.82, 2.24) is 4.90 Å². The Bertz CT molecular complexity index is 799. The zero-order chi connectivity index (χ0) is 18.9. The molecule has 1 saturated heterocycles. The Morgan fingerprint density at radius 3 is 2.70 bits per heavy atom. The fourth-order valence-corrected chi connectivity index (χ4v) is 2.65. The first-order valence-corrected chi connectivity index (χ1v) is 8.73. The van der Waals surface area contributed by atoms with Gasteiger partial charge >= 0.3 is 6.09 Å². The normalized spacial score (nSPS) is 14.2. The van der Waals surface area contributed by atoms with E-state index < -0.39 is 6.09 Å². The third-order valence-electron chi connectivity index (χ3n) is 4.05. The molecular weight excluding hydrogens is 346 g/mol. The lowest BCUT2D eigenvalue weighted by Crippen LogP contribution is -2.38. The highest BCUT2D eigenvalue weighted by molar-refractivity contribution is 5.87. The second-order valence-electron chi connectivity index (χ2n) is 5.92. The number of morpholine rings is 1. The molecule has 1 aliphatic rings. The van der Waals surface area contributed by atoms with E-state index >= 15 is 0 Å². The zero-order valence-electron chi connectivity index (χ0n) is 14.9. The minimum atomic E-state index is -0.601. The number of anilines is 1. The molecule has 7 heteroatoms. The first-order valence-electron chi connectivity index (χ1n) is 8.73. The molecule has 7 nitrogen and oxygen atoms in total. The van der Waals surface area contributed by atoms with Crippen molar-refractivity contribution in [3.63, 3.8) is 0 Å². The van der Waals surface area contributed by atoms with Gasteiger partial charge in [0.2, 0.25) is 5.69 Å².